The highest BCUT2D eigenvalue weighted by Gasteiger charge is 2.26. The normalized spacial score (nSPS) is 10.9. The van der Waals surface area contributed by atoms with E-state index in [-0.39, 0.29) is 42.2 Å². The van der Waals surface area contributed by atoms with Crippen molar-refractivity contribution in [1.29, 1.82) is 0 Å². The third-order valence-corrected chi connectivity index (χ3v) is 9.64. The lowest BCUT2D eigenvalue weighted by Gasteiger charge is -2.11. The average molecular weight is 767 g/mol. The van der Waals surface area contributed by atoms with E-state index >= 15 is 0 Å². The van der Waals surface area contributed by atoms with Crippen LogP contribution in [0.25, 0.3) is 22.0 Å². The molecule has 1 amide bonds. The largest absolute Gasteiger partial charge is 0.492 e. The highest BCUT2D eigenvalue weighted by molar-refractivity contribution is 6.34. The number of hydrogen-bond acceptors (Lipinski definition) is 8. The zero-order valence-electron chi connectivity index (χ0n) is 31.7. The van der Waals surface area contributed by atoms with Crippen LogP contribution in [0.1, 0.15) is 124 Å². The van der Waals surface area contributed by atoms with Crippen molar-refractivity contribution in [3.8, 4) is 16.9 Å². The van der Waals surface area contributed by atoms with Crippen LogP contribution in [-0.4, -0.2) is 66.8 Å². The number of aromatic nitrogens is 1. The molecule has 1 heterocycles. The SMILES string of the molecule is C=CCc1c(C(=O)O)c2cc(-c3ccc(OCCNC(=O)CCCCCCCCC(=O)OC)cc3)c(Cl)cc2n1C(=O)CCCCCCCCC(=O)OC. The van der Waals surface area contributed by atoms with Crippen LogP contribution in [0.15, 0.2) is 49.1 Å². The maximum Gasteiger partial charge on any atom is 0.338 e. The predicted octanol–water partition coefficient (Wildman–Crippen LogP) is 9.11. The second kappa shape index (κ2) is 23.9. The molecule has 0 bridgehead atoms. The zero-order valence-corrected chi connectivity index (χ0v) is 32.5. The summed E-state index contributed by atoms with van der Waals surface area (Å²) in [5, 5.41) is 14.0. The van der Waals surface area contributed by atoms with E-state index in [1.54, 1.807) is 30.3 Å². The van der Waals surface area contributed by atoms with E-state index in [2.05, 4.69) is 21.4 Å². The number of unbranched alkanes of at least 4 members (excludes halogenated alkanes) is 10. The first-order chi connectivity index (χ1) is 26.1. The predicted molar refractivity (Wildman–Crippen MR) is 210 cm³/mol. The van der Waals surface area contributed by atoms with Crippen LogP contribution in [0, 0.1) is 0 Å². The van der Waals surface area contributed by atoms with Gasteiger partial charge in [-0.2, -0.15) is 0 Å². The number of aromatic carboxylic acids is 1. The molecule has 0 aliphatic heterocycles. The molecular weight excluding hydrogens is 712 g/mol. The maximum absolute atomic E-state index is 13.6. The van der Waals surface area contributed by atoms with Crippen LogP contribution in [0.4, 0.5) is 0 Å². The van der Waals surface area contributed by atoms with Gasteiger partial charge >= 0.3 is 17.9 Å². The van der Waals surface area contributed by atoms with E-state index in [9.17, 15) is 29.1 Å². The Morgan fingerprint density at radius 2 is 1.31 bits per heavy atom. The molecule has 0 radical (unpaired) electrons. The third-order valence-electron chi connectivity index (χ3n) is 9.32. The molecule has 294 valence electrons. The molecule has 0 unspecified atom stereocenters. The Kier molecular flexibility index (Phi) is 19.4. The Morgan fingerprint density at radius 1 is 0.778 bits per heavy atom. The van der Waals surface area contributed by atoms with E-state index in [0.717, 1.165) is 76.2 Å². The fourth-order valence-electron chi connectivity index (χ4n) is 6.44. The fourth-order valence-corrected chi connectivity index (χ4v) is 6.71. The number of allylic oxidation sites excluding steroid dienone is 1. The van der Waals surface area contributed by atoms with Crippen molar-refractivity contribution in [2.45, 2.75) is 109 Å². The Bertz CT molecular complexity index is 1710. The van der Waals surface area contributed by atoms with Gasteiger partial charge in [-0.15, -0.1) is 6.58 Å². The van der Waals surface area contributed by atoms with Crippen LogP contribution in [0.2, 0.25) is 5.02 Å². The number of ether oxygens (including phenoxy) is 3. The topological polar surface area (TPSA) is 150 Å². The van der Waals surface area contributed by atoms with Gasteiger partial charge in [-0.05, 0) is 55.5 Å². The van der Waals surface area contributed by atoms with E-state index < -0.39 is 5.97 Å². The monoisotopic (exact) mass is 766 g/mol. The first-order valence-corrected chi connectivity index (χ1v) is 19.4. The number of halogens is 1. The van der Waals surface area contributed by atoms with E-state index in [1.807, 2.05) is 12.1 Å². The van der Waals surface area contributed by atoms with Gasteiger partial charge in [-0.25, -0.2) is 4.79 Å². The number of nitrogens with zero attached hydrogens (tertiary/aromatic N) is 1. The van der Waals surface area contributed by atoms with Crippen LogP contribution >= 0.6 is 11.6 Å². The Balaban J connectivity index is 1.55. The van der Waals surface area contributed by atoms with Gasteiger partial charge in [-0.1, -0.05) is 81.2 Å². The van der Waals surface area contributed by atoms with E-state index in [4.69, 9.17) is 16.3 Å². The number of methoxy groups -OCH3 is 2. The molecule has 11 nitrogen and oxygen atoms in total. The van der Waals surface area contributed by atoms with Crippen LogP contribution in [0.3, 0.4) is 0 Å². The molecule has 0 saturated heterocycles. The average Bonchev–Trinajstić information content (AvgIpc) is 3.47. The lowest BCUT2D eigenvalue weighted by atomic mass is 10.0. The van der Waals surface area contributed by atoms with Gasteiger partial charge in [0, 0.05) is 48.7 Å². The number of esters is 2. The van der Waals surface area contributed by atoms with Crippen LogP contribution in [0.5, 0.6) is 5.75 Å². The van der Waals surface area contributed by atoms with Crippen LogP contribution in [-0.2, 0) is 30.3 Å². The first-order valence-electron chi connectivity index (χ1n) is 19.0. The number of carbonyl (C=O) groups is 5. The van der Waals surface area contributed by atoms with E-state index in [0.29, 0.717) is 71.8 Å². The van der Waals surface area contributed by atoms with Crippen molar-refractivity contribution in [2.75, 3.05) is 27.4 Å². The molecular formula is C42H55ClN2O9. The van der Waals surface area contributed by atoms with Gasteiger partial charge in [0.2, 0.25) is 11.8 Å². The van der Waals surface area contributed by atoms with Gasteiger partial charge in [0.05, 0.1) is 36.9 Å². The Labute approximate surface area is 323 Å². The summed E-state index contributed by atoms with van der Waals surface area (Å²) in [6.45, 7) is 4.46. The quantitative estimate of drug-likeness (QED) is 0.0463. The number of benzene rings is 2. The molecule has 2 N–H and O–H groups in total. The Hall–Kier alpha value is -4.64. The first kappa shape index (κ1) is 43.8. The number of rotatable bonds is 26. The van der Waals surface area contributed by atoms with Gasteiger partial charge in [-0.3, -0.25) is 23.7 Å². The van der Waals surface area contributed by atoms with Gasteiger partial charge in [0.15, 0.2) is 0 Å². The molecule has 0 saturated carbocycles. The van der Waals surface area contributed by atoms with Crippen molar-refractivity contribution in [1.82, 2.24) is 9.88 Å². The number of hydrogen-bond donors (Lipinski definition) is 2. The van der Waals surface area contributed by atoms with Crippen molar-refractivity contribution >= 4 is 52.2 Å². The molecule has 0 aliphatic rings. The third kappa shape index (κ3) is 14.0. The summed E-state index contributed by atoms with van der Waals surface area (Å²) in [6, 6.07) is 10.6. The number of nitrogens with one attached hydrogen (secondary N) is 1. The summed E-state index contributed by atoms with van der Waals surface area (Å²) in [5.41, 5.74) is 2.23. The molecule has 1 aromatic heterocycles. The summed E-state index contributed by atoms with van der Waals surface area (Å²) in [4.78, 5) is 60.8. The minimum absolute atomic E-state index is 0.0160. The maximum atomic E-state index is 13.6. The molecule has 0 aliphatic carbocycles. The summed E-state index contributed by atoms with van der Waals surface area (Å²) < 4.78 is 16.6. The fraction of sp³-hybridized carbons (Fsp3) is 0.500. The smallest absolute Gasteiger partial charge is 0.338 e. The molecule has 12 heteroatoms. The number of carboxylic acid groups (broad SMARTS) is 1. The minimum atomic E-state index is -1.14. The Morgan fingerprint density at radius 3 is 1.85 bits per heavy atom. The van der Waals surface area contributed by atoms with E-state index in [1.165, 1.54) is 18.8 Å². The highest BCUT2D eigenvalue weighted by Crippen LogP contribution is 2.37. The van der Waals surface area contributed by atoms with Gasteiger partial charge < -0.3 is 24.6 Å². The molecule has 0 spiro atoms. The molecule has 2 aromatic carbocycles. The number of carbonyl (C=O) groups excluding carboxylic acids is 4. The summed E-state index contributed by atoms with van der Waals surface area (Å²) >= 11 is 6.80. The van der Waals surface area contributed by atoms with Gasteiger partial charge in [0.1, 0.15) is 12.4 Å². The van der Waals surface area contributed by atoms with Gasteiger partial charge in [0.25, 0.3) is 0 Å². The second-order valence-corrected chi connectivity index (χ2v) is 13.7. The summed E-state index contributed by atoms with van der Waals surface area (Å²) in [5.74, 6) is -1.12. The number of carboxylic acids is 1. The number of amides is 1. The lowest BCUT2D eigenvalue weighted by molar-refractivity contribution is -0.141. The lowest BCUT2D eigenvalue weighted by Crippen LogP contribution is -2.27. The second-order valence-electron chi connectivity index (χ2n) is 13.3. The van der Waals surface area contributed by atoms with Crippen molar-refractivity contribution in [2.24, 2.45) is 0 Å². The summed E-state index contributed by atoms with van der Waals surface area (Å²) in [6.07, 6.45) is 14.1. The van der Waals surface area contributed by atoms with Crippen LogP contribution < -0.4 is 10.1 Å². The van der Waals surface area contributed by atoms with Crippen molar-refractivity contribution < 1.29 is 43.3 Å². The molecule has 3 aromatic rings. The van der Waals surface area contributed by atoms with Crippen molar-refractivity contribution in [3.05, 3.63) is 65.3 Å². The zero-order chi connectivity index (χ0) is 39.3. The molecule has 0 atom stereocenters. The van der Waals surface area contributed by atoms with Crippen molar-refractivity contribution in [3.63, 3.8) is 0 Å². The summed E-state index contributed by atoms with van der Waals surface area (Å²) in [7, 11) is 2.78. The standard InChI is InChI=1S/C42H55ClN2O9/c1-4-17-35-41(42(50)51)33-28-32(34(43)29-36(33)45(35)38(47)19-14-10-6-8-12-16-21-40(49)53-3)30-22-24-31(25-23-30)54-27-26-44-37(46)18-13-9-5-7-11-15-20-39(48)52-2/h4,22-25,28-29H,1,5-21,26-27H2,2-3H3,(H,44,46)(H,50,51). The molecule has 0 fully saturated rings. The minimum Gasteiger partial charge on any atom is -0.492 e. The highest BCUT2D eigenvalue weighted by atomic mass is 35.5. The number of fused-ring (bicyclic) bond motifs is 1. The molecule has 54 heavy (non-hydrogen) atoms. The molecule has 3 rings (SSSR count).